The quantitative estimate of drug-likeness (QED) is 0.732. The minimum atomic E-state index is -0.698. The minimum Gasteiger partial charge on any atom is -0.369 e. The smallest absolute Gasteiger partial charge is 0.231 e. The van der Waals surface area contributed by atoms with Gasteiger partial charge in [0.2, 0.25) is 5.91 Å². The third kappa shape index (κ3) is 3.02. The standard InChI is InChI=1S/C18H17FIN3O/c1-18(10-16(24)23(2)17(21)22-18)13-5-3-4-11(8-13)12-6-7-14(19)15(20)9-12/h3-9H,10H2,1-2H3,(H2,21,22)/t18-/m0/s1. The van der Waals surface area contributed by atoms with Crippen molar-refractivity contribution in [2.75, 3.05) is 7.05 Å². The molecule has 0 spiro atoms. The summed E-state index contributed by atoms with van der Waals surface area (Å²) in [7, 11) is 1.62. The van der Waals surface area contributed by atoms with Gasteiger partial charge >= 0.3 is 0 Å². The molecule has 1 aliphatic rings. The zero-order valence-electron chi connectivity index (χ0n) is 13.4. The molecule has 2 N–H and O–H groups in total. The van der Waals surface area contributed by atoms with Gasteiger partial charge in [-0.25, -0.2) is 9.38 Å². The fourth-order valence-electron chi connectivity index (χ4n) is 2.78. The lowest BCUT2D eigenvalue weighted by atomic mass is 9.86. The van der Waals surface area contributed by atoms with Gasteiger partial charge in [-0.3, -0.25) is 9.69 Å². The van der Waals surface area contributed by atoms with E-state index in [-0.39, 0.29) is 24.1 Å². The second-order valence-corrected chi connectivity index (χ2v) is 7.25. The van der Waals surface area contributed by atoms with Crippen LogP contribution in [0.3, 0.4) is 0 Å². The molecular formula is C18H17FIN3O. The van der Waals surface area contributed by atoms with Crippen molar-refractivity contribution in [2.45, 2.75) is 18.9 Å². The monoisotopic (exact) mass is 437 g/mol. The van der Waals surface area contributed by atoms with Crippen LogP contribution in [0.15, 0.2) is 47.5 Å². The number of guanidine groups is 1. The van der Waals surface area contributed by atoms with Crippen molar-refractivity contribution in [2.24, 2.45) is 10.7 Å². The highest BCUT2D eigenvalue weighted by molar-refractivity contribution is 14.1. The molecule has 1 atom stereocenters. The van der Waals surface area contributed by atoms with E-state index in [2.05, 4.69) is 4.99 Å². The van der Waals surface area contributed by atoms with Gasteiger partial charge in [-0.2, -0.15) is 0 Å². The zero-order chi connectivity index (χ0) is 17.5. The SMILES string of the molecule is CN1C(=O)C[C@@](C)(c2cccc(-c3ccc(F)c(I)c3)c2)N=C1N. The summed E-state index contributed by atoms with van der Waals surface area (Å²) in [6.45, 7) is 1.90. The number of halogens is 2. The topological polar surface area (TPSA) is 58.7 Å². The molecule has 1 heterocycles. The van der Waals surface area contributed by atoms with Gasteiger partial charge in [0.1, 0.15) is 5.82 Å². The molecule has 0 saturated carbocycles. The van der Waals surface area contributed by atoms with Gasteiger partial charge in [0, 0.05) is 10.6 Å². The largest absolute Gasteiger partial charge is 0.369 e. The van der Waals surface area contributed by atoms with Crippen LogP contribution in [0, 0.1) is 9.39 Å². The predicted octanol–water partition coefficient (Wildman–Crippen LogP) is 3.49. The number of hydrogen-bond donors (Lipinski definition) is 1. The van der Waals surface area contributed by atoms with E-state index < -0.39 is 5.54 Å². The molecule has 2 aromatic carbocycles. The molecule has 0 unspecified atom stereocenters. The van der Waals surface area contributed by atoms with Crippen molar-refractivity contribution >= 4 is 34.5 Å². The molecule has 24 heavy (non-hydrogen) atoms. The summed E-state index contributed by atoms with van der Waals surface area (Å²) in [5, 5.41) is 0. The molecule has 0 fully saturated rings. The number of aliphatic imine (C=N–C) groups is 1. The first kappa shape index (κ1) is 16.9. The third-order valence-corrected chi connectivity index (χ3v) is 5.14. The molecule has 0 radical (unpaired) electrons. The van der Waals surface area contributed by atoms with Gasteiger partial charge in [0.05, 0.1) is 12.0 Å². The Labute approximate surface area is 153 Å². The van der Waals surface area contributed by atoms with Crippen LogP contribution < -0.4 is 5.73 Å². The number of carbonyl (C=O) groups excluding carboxylic acids is 1. The fourth-order valence-corrected chi connectivity index (χ4v) is 3.30. The van der Waals surface area contributed by atoms with Crippen LogP contribution in [-0.4, -0.2) is 23.8 Å². The number of benzene rings is 2. The minimum absolute atomic E-state index is 0.0632. The van der Waals surface area contributed by atoms with Crippen LogP contribution in [0.2, 0.25) is 0 Å². The Morgan fingerprint density at radius 3 is 2.62 bits per heavy atom. The van der Waals surface area contributed by atoms with Crippen molar-refractivity contribution in [1.29, 1.82) is 0 Å². The summed E-state index contributed by atoms with van der Waals surface area (Å²) >= 11 is 1.98. The molecule has 124 valence electrons. The number of nitrogens with zero attached hydrogens (tertiary/aromatic N) is 2. The van der Waals surface area contributed by atoms with E-state index >= 15 is 0 Å². The zero-order valence-corrected chi connectivity index (χ0v) is 15.5. The van der Waals surface area contributed by atoms with Gasteiger partial charge in [-0.05, 0) is 64.4 Å². The van der Waals surface area contributed by atoms with E-state index in [1.165, 1.54) is 11.0 Å². The molecule has 4 nitrogen and oxygen atoms in total. The lowest BCUT2D eigenvalue weighted by Gasteiger charge is -2.33. The first-order valence-electron chi connectivity index (χ1n) is 7.48. The second kappa shape index (κ2) is 6.16. The van der Waals surface area contributed by atoms with Crippen molar-refractivity contribution in [3.63, 3.8) is 0 Å². The van der Waals surface area contributed by atoms with Gasteiger partial charge in [0.15, 0.2) is 5.96 Å². The van der Waals surface area contributed by atoms with Crippen molar-refractivity contribution in [3.05, 3.63) is 57.4 Å². The maximum atomic E-state index is 13.5. The molecule has 0 saturated heterocycles. The van der Waals surface area contributed by atoms with E-state index in [4.69, 9.17) is 5.73 Å². The van der Waals surface area contributed by atoms with Gasteiger partial charge in [-0.1, -0.05) is 24.3 Å². The Morgan fingerprint density at radius 1 is 1.25 bits per heavy atom. The second-order valence-electron chi connectivity index (χ2n) is 6.08. The molecular weight excluding hydrogens is 420 g/mol. The molecule has 1 amide bonds. The normalized spacial score (nSPS) is 20.9. The molecule has 0 aliphatic carbocycles. The third-order valence-electron chi connectivity index (χ3n) is 4.31. The summed E-state index contributed by atoms with van der Waals surface area (Å²) in [6, 6.07) is 12.8. The molecule has 6 heteroatoms. The van der Waals surface area contributed by atoms with E-state index in [1.807, 2.05) is 53.8 Å². The van der Waals surface area contributed by atoms with Crippen molar-refractivity contribution in [1.82, 2.24) is 4.90 Å². The van der Waals surface area contributed by atoms with Gasteiger partial charge in [-0.15, -0.1) is 0 Å². The van der Waals surface area contributed by atoms with Crippen molar-refractivity contribution < 1.29 is 9.18 Å². The number of amides is 1. The van der Waals surface area contributed by atoms with E-state index in [9.17, 15) is 9.18 Å². The van der Waals surface area contributed by atoms with Gasteiger partial charge in [0.25, 0.3) is 0 Å². The van der Waals surface area contributed by atoms with Crippen LogP contribution in [-0.2, 0) is 10.3 Å². The maximum absolute atomic E-state index is 13.5. The summed E-state index contributed by atoms with van der Waals surface area (Å²) in [6.07, 6.45) is 0.259. The van der Waals surface area contributed by atoms with E-state index in [0.29, 0.717) is 3.57 Å². The maximum Gasteiger partial charge on any atom is 0.231 e. The van der Waals surface area contributed by atoms with Gasteiger partial charge < -0.3 is 5.73 Å². The summed E-state index contributed by atoms with van der Waals surface area (Å²) in [5.41, 5.74) is 7.96. The summed E-state index contributed by atoms with van der Waals surface area (Å²) in [5.74, 6) is -0.0806. The van der Waals surface area contributed by atoms with E-state index in [1.54, 1.807) is 19.2 Å². The highest BCUT2D eigenvalue weighted by Gasteiger charge is 2.36. The molecule has 0 aromatic heterocycles. The van der Waals surface area contributed by atoms with Crippen LogP contribution in [0.25, 0.3) is 11.1 Å². The average Bonchev–Trinajstić information content (AvgIpc) is 2.55. The van der Waals surface area contributed by atoms with Crippen molar-refractivity contribution in [3.8, 4) is 11.1 Å². The Bertz CT molecular complexity index is 852. The molecule has 1 aliphatic heterocycles. The van der Waals surface area contributed by atoms with Crippen LogP contribution in [0.5, 0.6) is 0 Å². The fraction of sp³-hybridized carbons (Fsp3) is 0.222. The Balaban J connectivity index is 2.05. The Hall–Kier alpha value is -1.96. The first-order chi connectivity index (χ1) is 11.3. The molecule has 0 bridgehead atoms. The number of hydrogen-bond acceptors (Lipinski definition) is 3. The van der Waals surface area contributed by atoms with Crippen LogP contribution in [0.1, 0.15) is 18.9 Å². The highest BCUT2D eigenvalue weighted by atomic mass is 127. The predicted molar refractivity (Wildman–Crippen MR) is 101 cm³/mol. The molecule has 2 aromatic rings. The van der Waals surface area contributed by atoms with Crippen LogP contribution >= 0.6 is 22.6 Å². The lowest BCUT2D eigenvalue weighted by Crippen LogP contribution is -2.47. The Kier molecular flexibility index (Phi) is 4.33. The lowest BCUT2D eigenvalue weighted by molar-refractivity contribution is -0.128. The number of carbonyl (C=O) groups is 1. The Morgan fingerprint density at radius 2 is 1.96 bits per heavy atom. The summed E-state index contributed by atoms with van der Waals surface area (Å²) in [4.78, 5) is 18.0. The average molecular weight is 437 g/mol. The number of rotatable bonds is 2. The number of nitrogens with two attached hydrogens (primary N) is 1. The van der Waals surface area contributed by atoms with E-state index in [0.717, 1.165) is 16.7 Å². The van der Waals surface area contributed by atoms with Crippen LogP contribution in [0.4, 0.5) is 4.39 Å². The highest BCUT2D eigenvalue weighted by Crippen LogP contribution is 2.35. The molecule has 3 rings (SSSR count). The summed E-state index contributed by atoms with van der Waals surface area (Å²) < 4.78 is 14.1. The first-order valence-corrected chi connectivity index (χ1v) is 8.56.